The van der Waals surface area contributed by atoms with Gasteiger partial charge in [-0.1, -0.05) is 0 Å². The maximum atomic E-state index is 11.9. The van der Waals surface area contributed by atoms with Crippen molar-refractivity contribution in [2.24, 2.45) is 0 Å². The van der Waals surface area contributed by atoms with Crippen LogP contribution < -0.4 is 11.1 Å². The fourth-order valence-corrected chi connectivity index (χ4v) is 2.24. The lowest BCUT2D eigenvalue weighted by atomic mass is 10.2. The van der Waals surface area contributed by atoms with Crippen LogP contribution in [-0.2, 0) is 0 Å². The molecule has 2 heterocycles. The van der Waals surface area contributed by atoms with Crippen molar-refractivity contribution in [2.45, 2.75) is 25.8 Å². The van der Waals surface area contributed by atoms with Gasteiger partial charge in [-0.25, -0.2) is 4.98 Å². The van der Waals surface area contributed by atoms with E-state index in [1.807, 2.05) is 0 Å². The molecule has 1 fully saturated rings. The maximum Gasteiger partial charge on any atom is 0.272 e. The third-order valence-electron chi connectivity index (χ3n) is 3.38. The van der Waals surface area contributed by atoms with Crippen molar-refractivity contribution < 1.29 is 4.79 Å². The van der Waals surface area contributed by atoms with E-state index in [1.54, 1.807) is 18.3 Å². The molecule has 2 rings (SSSR count). The summed E-state index contributed by atoms with van der Waals surface area (Å²) in [4.78, 5) is 18.3. The van der Waals surface area contributed by atoms with Crippen molar-refractivity contribution in [1.82, 2.24) is 15.2 Å². The first-order valence-electron chi connectivity index (χ1n) is 6.41. The van der Waals surface area contributed by atoms with Crippen LogP contribution in [0.3, 0.4) is 0 Å². The zero-order valence-electron chi connectivity index (χ0n) is 10.7. The van der Waals surface area contributed by atoms with Gasteiger partial charge in [0.2, 0.25) is 0 Å². The van der Waals surface area contributed by atoms with E-state index >= 15 is 0 Å². The van der Waals surface area contributed by atoms with Crippen LogP contribution in [0.5, 0.6) is 0 Å². The smallest absolute Gasteiger partial charge is 0.272 e. The molecular formula is C13H20N4O. The van der Waals surface area contributed by atoms with Gasteiger partial charge in [-0.3, -0.25) is 9.69 Å². The summed E-state index contributed by atoms with van der Waals surface area (Å²) in [5, 5.41) is 2.89. The molecule has 5 nitrogen and oxygen atoms in total. The summed E-state index contributed by atoms with van der Waals surface area (Å²) in [6.45, 7) is 5.02. The number of aromatic nitrogens is 1. The average Bonchev–Trinajstić information content (AvgIpc) is 2.90. The molecule has 1 atom stereocenters. The SMILES string of the molecule is CC(CNC(=O)c1ncccc1N)N1CCCC1. The van der Waals surface area contributed by atoms with Crippen LogP contribution in [-0.4, -0.2) is 41.5 Å². The van der Waals surface area contributed by atoms with Crippen molar-refractivity contribution >= 4 is 11.6 Å². The highest BCUT2D eigenvalue weighted by atomic mass is 16.1. The van der Waals surface area contributed by atoms with Crippen molar-refractivity contribution in [2.75, 3.05) is 25.4 Å². The Morgan fingerprint density at radius 2 is 2.28 bits per heavy atom. The molecule has 1 amide bonds. The number of nitrogen functional groups attached to an aromatic ring is 1. The first kappa shape index (κ1) is 12.8. The van der Waals surface area contributed by atoms with Crippen LogP contribution in [0.1, 0.15) is 30.3 Å². The molecule has 1 saturated heterocycles. The van der Waals surface area contributed by atoms with E-state index in [4.69, 9.17) is 5.73 Å². The van der Waals surface area contributed by atoms with Crippen molar-refractivity contribution in [3.8, 4) is 0 Å². The molecule has 1 aliphatic rings. The van der Waals surface area contributed by atoms with Crippen LogP contribution in [0, 0.1) is 0 Å². The normalized spacial score (nSPS) is 17.6. The minimum Gasteiger partial charge on any atom is -0.397 e. The Bertz CT molecular complexity index is 415. The number of carbonyl (C=O) groups excluding carboxylic acids is 1. The third kappa shape index (κ3) is 2.98. The molecule has 0 bridgehead atoms. The largest absolute Gasteiger partial charge is 0.397 e. The zero-order valence-corrected chi connectivity index (χ0v) is 10.7. The van der Waals surface area contributed by atoms with E-state index in [0.717, 1.165) is 13.1 Å². The van der Waals surface area contributed by atoms with Crippen LogP contribution >= 0.6 is 0 Å². The van der Waals surface area contributed by atoms with E-state index in [-0.39, 0.29) is 5.91 Å². The first-order valence-corrected chi connectivity index (χ1v) is 6.41. The summed E-state index contributed by atoms with van der Waals surface area (Å²) in [5.41, 5.74) is 6.45. The second-order valence-electron chi connectivity index (χ2n) is 4.74. The number of hydrogen-bond donors (Lipinski definition) is 2. The summed E-state index contributed by atoms with van der Waals surface area (Å²) in [6.07, 6.45) is 4.09. The molecule has 98 valence electrons. The summed E-state index contributed by atoms with van der Waals surface area (Å²) in [6, 6.07) is 3.77. The fraction of sp³-hybridized carbons (Fsp3) is 0.538. The van der Waals surface area contributed by atoms with E-state index in [1.165, 1.54) is 12.8 Å². The quantitative estimate of drug-likeness (QED) is 0.829. The number of nitrogens with two attached hydrogens (primary N) is 1. The maximum absolute atomic E-state index is 11.9. The van der Waals surface area contributed by atoms with Gasteiger partial charge in [-0.15, -0.1) is 0 Å². The predicted octanol–water partition coefficient (Wildman–Crippen LogP) is 0.878. The van der Waals surface area contributed by atoms with Gasteiger partial charge in [0.1, 0.15) is 0 Å². The molecule has 1 unspecified atom stereocenters. The van der Waals surface area contributed by atoms with Gasteiger partial charge >= 0.3 is 0 Å². The van der Waals surface area contributed by atoms with Gasteiger partial charge in [0.25, 0.3) is 5.91 Å². The Morgan fingerprint density at radius 3 is 2.94 bits per heavy atom. The molecule has 1 aromatic rings. The van der Waals surface area contributed by atoms with Crippen LogP contribution in [0.25, 0.3) is 0 Å². The number of hydrogen-bond acceptors (Lipinski definition) is 4. The number of nitrogens with zero attached hydrogens (tertiary/aromatic N) is 2. The van der Waals surface area contributed by atoms with Gasteiger partial charge in [0, 0.05) is 18.8 Å². The molecule has 5 heteroatoms. The van der Waals surface area contributed by atoms with E-state index in [2.05, 4.69) is 22.1 Å². The molecule has 1 aliphatic heterocycles. The first-order chi connectivity index (χ1) is 8.68. The minimum absolute atomic E-state index is 0.195. The highest BCUT2D eigenvalue weighted by Gasteiger charge is 2.19. The van der Waals surface area contributed by atoms with Gasteiger partial charge in [-0.05, 0) is 45.0 Å². The van der Waals surface area contributed by atoms with E-state index in [9.17, 15) is 4.79 Å². The number of likely N-dealkylation sites (tertiary alicyclic amines) is 1. The van der Waals surface area contributed by atoms with Crippen molar-refractivity contribution in [3.63, 3.8) is 0 Å². The predicted molar refractivity (Wildman–Crippen MR) is 71.3 cm³/mol. The molecule has 1 aromatic heterocycles. The summed E-state index contributed by atoms with van der Waals surface area (Å²) >= 11 is 0. The molecule has 0 aromatic carbocycles. The summed E-state index contributed by atoms with van der Waals surface area (Å²) in [7, 11) is 0. The van der Waals surface area contributed by atoms with Crippen LogP contribution in [0.2, 0.25) is 0 Å². The zero-order chi connectivity index (χ0) is 13.0. The lowest BCUT2D eigenvalue weighted by Crippen LogP contribution is -2.41. The van der Waals surface area contributed by atoms with Crippen LogP contribution in [0.15, 0.2) is 18.3 Å². The number of rotatable bonds is 4. The topological polar surface area (TPSA) is 71.2 Å². The standard InChI is InChI=1S/C13H20N4O/c1-10(17-7-2-3-8-17)9-16-13(18)12-11(14)5-4-6-15-12/h4-6,10H,2-3,7-9,14H2,1H3,(H,16,18). The third-order valence-corrected chi connectivity index (χ3v) is 3.38. The van der Waals surface area contributed by atoms with Crippen LogP contribution in [0.4, 0.5) is 5.69 Å². The summed E-state index contributed by atoms with van der Waals surface area (Å²) < 4.78 is 0. The summed E-state index contributed by atoms with van der Waals surface area (Å²) in [5.74, 6) is -0.195. The number of anilines is 1. The highest BCUT2D eigenvalue weighted by Crippen LogP contribution is 2.11. The highest BCUT2D eigenvalue weighted by molar-refractivity contribution is 5.96. The van der Waals surface area contributed by atoms with Gasteiger partial charge in [-0.2, -0.15) is 0 Å². The molecule has 18 heavy (non-hydrogen) atoms. The number of nitrogens with one attached hydrogen (secondary N) is 1. The number of amides is 1. The second-order valence-corrected chi connectivity index (χ2v) is 4.74. The Labute approximate surface area is 107 Å². The lowest BCUT2D eigenvalue weighted by Gasteiger charge is -2.23. The van der Waals surface area contributed by atoms with Gasteiger partial charge in [0.05, 0.1) is 5.69 Å². The van der Waals surface area contributed by atoms with Gasteiger partial charge < -0.3 is 11.1 Å². The molecule has 0 aliphatic carbocycles. The molecular weight excluding hydrogens is 228 g/mol. The fourth-order valence-electron chi connectivity index (χ4n) is 2.24. The van der Waals surface area contributed by atoms with E-state index < -0.39 is 0 Å². The minimum atomic E-state index is -0.195. The molecule has 0 spiro atoms. The monoisotopic (exact) mass is 248 g/mol. The van der Waals surface area contributed by atoms with Crippen molar-refractivity contribution in [1.29, 1.82) is 0 Å². The Morgan fingerprint density at radius 1 is 1.56 bits per heavy atom. The average molecular weight is 248 g/mol. The lowest BCUT2D eigenvalue weighted by molar-refractivity contribution is 0.0936. The Hall–Kier alpha value is -1.62. The second kappa shape index (κ2) is 5.82. The Balaban J connectivity index is 1.86. The molecule has 0 radical (unpaired) electrons. The molecule has 0 saturated carbocycles. The Kier molecular flexibility index (Phi) is 4.15. The molecule has 3 N–H and O–H groups in total. The van der Waals surface area contributed by atoms with Gasteiger partial charge in [0.15, 0.2) is 5.69 Å². The van der Waals surface area contributed by atoms with Crippen molar-refractivity contribution in [3.05, 3.63) is 24.0 Å². The number of pyridine rings is 1. The van der Waals surface area contributed by atoms with E-state index in [0.29, 0.717) is 24.0 Å². The number of carbonyl (C=O) groups is 1.